The van der Waals surface area contributed by atoms with E-state index < -0.39 is 0 Å². The van der Waals surface area contributed by atoms with Crippen LogP contribution in [0.3, 0.4) is 0 Å². The minimum Gasteiger partial charge on any atom is -0.504 e. The second-order valence-corrected chi connectivity index (χ2v) is 5.14. The fraction of sp³-hybridized carbons (Fsp3) is 0.375. The number of benzene rings is 1. The summed E-state index contributed by atoms with van der Waals surface area (Å²) in [6.45, 7) is 5.85. The molecular weight excluding hydrogens is 282 g/mol. The van der Waals surface area contributed by atoms with Crippen molar-refractivity contribution in [2.24, 2.45) is 0 Å². The molecule has 2 N–H and O–H groups in total. The average molecular weight is 301 g/mol. The van der Waals surface area contributed by atoms with Crippen molar-refractivity contribution in [2.75, 3.05) is 32.7 Å². The number of phenols is 2. The molecule has 1 heterocycles. The third-order valence-corrected chi connectivity index (χ3v) is 3.77. The van der Waals surface area contributed by atoms with E-state index in [0.717, 1.165) is 19.6 Å². The lowest BCUT2D eigenvalue weighted by Gasteiger charge is -2.33. The highest BCUT2D eigenvalue weighted by Gasteiger charge is 2.22. The van der Waals surface area contributed by atoms with Gasteiger partial charge in [0, 0.05) is 26.2 Å². The maximum absolute atomic E-state index is 12.4. The Morgan fingerprint density at radius 2 is 1.95 bits per heavy atom. The molecule has 0 atom stereocenters. The van der Waals surface area contributed by atoms with Crippen LogP contribution < -0.4 is 0 Å². The number of likely N-dealkylation sites (N-methyl/N-ethyl adjacent to an activating group) is 1. The van der Waals surface area contributed by atoms with Gasteiger partial charge in [0.15, 0.2) is 11.5 Å². The highest BCUT2D eigenvalue weighted by Crippen LogP contribution is 2.26. The van der Waals surface area contributed by atoms with Crippen molar-refractivity contribution in [2.45, 2.75) is 6.92 Å². The third kappa shape index (κ3) is 3.57. The molecule has 0 saturated carbocycles. The summed E-state index contributed by atoms with van der Waals surface area (Å²) in [5, 5.41) is 28.0. The van der Waals surface area contributed by atoms with Crippen LogP contribution in [-0.2, 0) is 4.79 Å². The Hall–Kier alpha value is -2.52. The van der Waals surface area contributed by atoms with Crippen LogP contribution in [0.2, 0.25) is 0 Å². The van der Waals surface area contributed by atoms with Crippen LogP contribution in [0, 0.1) is 11.3 Å². The molecule has 1 aliphatic heterocycles. The molecule has 2 rings (SSSR count). The smallest absolute Gasteiger partial charge is 0.264 e. The molecular formula is C16H19N3O3. The van der Waals surface area contributed by atoms with Gasteiger partial charge in [0.1, 0.15) is 11.6 Å². The van der Waals surface area contributed by atoms with Crippen molar-refractivity contribution in [1.29, 1.82) is 5.26 Å². The summed E-state index contributed by atoms with van der Waals surface area (Å²) in [6.07, 6.45) is 1.42. The van der Waals surface area contributed by atoms with Gasteiger partial charge in [0.2, 0.25) is 0 Å². The Morgan fingerprint density at radius 3 is 2.50 bits per heavy atom. The van der Waals surface area contributed by atoms with Gasteiger partial charge in [-0.25, -0.2) is 0 Å². The average Bonchev–Trinajstić information content (AvgIpc) is 2.55. The van der Waals surface area contributed by atoms with Gasteiger partial charge in [-0.1, -0.05) is 13.0 Å². The van der Waals surface area contributed by atoms with Crippen molar-refractivity contribution in [3.63, 3.8) is 0 Å². The summed E-state index contributed by atoms with van der Waals surface area (Å²) >= 11 is 0. The predicted molar refractivity (Wildman–Crippen MR) is 82.1 cm³/mol. The summed E-state index contributed by atoms with van der Waals surface area (Å²) in [5.41, 5.74) is 0.516. The number of carbonyl (C=O) groups excluding carboxylic acids is 1. The number of phenolic OH excluding ortho intramolecular Hbond substituents is 2. The van der Waals surface area contributed by atoms with Crippen LogP contribution in [-0.4, -0.2) is 58.6 Å². The third-order valence-electron chi connectivity index (χ3n) is 3.77. The second-order valence-electron chi connectivity index (χ2n) is 5.14. The lowest BCUT2D eigenvalue weighted by atomic mass is 10.1. The Kier molecular flexibility index (Phi) is 5.02. The van der Waals surface area contributed by atoms with Crippen LogP contribution in [0.25, 0.3) is 6.08 Å². The maximum atomic E-state index is 12.4. The van der Waals surface area contributed by atoms with Crippen LogP contribution in [0.1, 0.15) is 12.5 Å². The molecule has 0 aliphatic carbocycles. The minimum atomic E-state index is -0.300. The summed E-state index contributed by atoms with van der Waals surface area (Å²) in [5.74, 6) is -0.821. The van der Waals surface area contributed by atoms with Gasteiger partial charge in [-0.05, 0) is 30.3 Å². The van der Waals surface area contributed by atoms with Gasteiger partial charge in [-0.3, -0.25) is 4.79 Å². The summed E-state index contributed by atoms with van der Waals surface area (Å²) in [6, 6.07) is 6.09. The van der Waals surface area contributed by atoms with E-state index in [1.54, 1.807) is 4.90 Å². The summed E-state index contributed by atoms with van der Waals surface area (Å²) < 4.78 is 0. The summed E-state index contributed by atoms with van der Waals surface area (Å²) in [7, 11) is 0. The van der Waals surface area contributed by atoms with E-state index in [0.29, 0.717) is 18.7 Å². The summed E-state index contributed by atoms with van der Waals surface area (Å²) in [4.78, 5) is 16.3. The van der Waals surface area contributed by atoms with E-state index >= 15 is 0 Å². The number of amides is 1. The van der Waals surface area contributed by atoms with Crippen LogP contribution in [0.4, 0.5) is 0 Å². The van der Waals surface area contributed by atoms with Crippen molar-refractivity contribution >= 4 is 12.0 Å². The molecule has 1 saturated heterocycles. The van der Waals surface area contributed by atoms with Crippen LogP contribution in [0.5, 0.6) is 11.5 Å². The SMILES string of the molecule is CCN1CCN(C(=O)/C(C#N)=C/c2ccc(O)c(O)c2)CC1. The molecule has 22 heavy (non-hydrogen) atoms. The highest BCUT2D eigenvalue weighted by molar-refractivity contribution is 6.01. The topological polar surface area (TPSA) is 87.8 Å². The fourth-order valence-electron chi connectivity index (χ4n) is 2.38. The number of hydrogen-bond donors (Lipinski definition) is 2. The standard InChI is InChI=1S/C16H19N3O3/c1-2-18-5-7-19(8-6-18)16(22)13(11-17)9-12-3-4-14(20)15(21)10-12/h3-4,9-10,20-21H,2,5-8H2,1H3/b13-9+. The van der Waals surface area contributed by atoms with Crippen molar-refractivity contribution in [1.82, 2.24) is 9.80 Å². The largest absolute Gasteiger partial charge is 0.504 e. The molecule has 1 aromatic carbocycles. The molecule has 1 fully saturated rings. The molecule has 6 heteroatoms. The van der Waals surface area contributed by atoms with E-state index in [1.165, 1.54) is 24.3 Å². The first-order valence-electron chi connectivity index (χ1n) is 7.20. The van der Waals surface area contributed by atoms with E-state index in [9.17, 15) is 20.3 Å². The zero-order chi connectivity index (χ0) is 16.1. The van der Waals surface area contributed by atoms with Crippen LogP contribution in [0.15, 0.2) is 23.8 Å². The second kappa shape index (κ2) is 6.96. The molecule has 1 amide bonds. The molecule has 1 aromatic rings. The quantitative estimate of drug-likeness (QED) is 0.497. The Bertz CT molecular complexity index is 626. The predicted octanol–water partition coefficient (Wildman–Crippen LogP) is 1.17. The van der Waals surface area contributed by atoms with Crippen molar-refractivity contribution in [3.05, 3.63) is 29.3 Å². The molecule has 0 spiro atoms. The lowest BCUT2D eigenvalue weighted by Crippen LogP contribution is -2.48. The Balaban J connectivity index is 2.14. The normalized spacial score (nSPS) is 16.4. The van der Waals surface area contributed by atoms with Crippen LogP contribution >= 0.6 is 0 Å². The van der Waals surface area contributed by atoms with Crippen molar-refractivity contribution in [3.8, 4) is 17.6 Å². The number of carbonyl (C=O) groups is 1. The maximum Gasteiger partial charge on any atom is 0.264 e. The lowest BCUT2D eigenvalue weighted by molar-refractivity contribution is -0.128. The number of hydrogen-bond acceptors (Lipinski definition) is 5. The van der Waals surface area contributed by atoms with Gasteiger partial charge < -0.3 is 20.0 Å². The van der Waals surface area contributed by atoms with Gasteiger partial charge in [0.05, 0.1) is 0 Å². The number of nitrogens with zero attached hydrogens (tertiary/aromatic N) is 3. The van der Waals surface area contributed by atoms with E-state index in [2.05, 4.69) is 11.8 Å². The van der Waals surface area contributed by atoms with Gasteiger partial charge in [-0.15, -0.1) is 0 Å². The number of piperazine rings is 1. The van der Waals surface area contributed by atoms with E-state index in [4.69, 9.17) is 0 Å². The molecule has 6 nitrogen and oxygen atoms in total. The zero-order valence-corrected chi connectivity index (χ0v) is 12.5. The molecule has 1 aliphatic rings. The fourth-order valence-corrected chi connectivity index (χ4v) is 2.38. The number of aromatic hydroxyl groups is 2. The van der Waals surface area contributed by atoms with Gasteiger partial charge >= 0.3 is 0 Å². The van der Waals surface area contributed by atoms with E-state index in [1.807, 2.05) is 6.07 Å². The minimum absolute atomic E-state index is 0.0232. The molecule has 116 valence electrons. The van der Waals surface area contributed by atoms with Gasteiger partial charge in [-0.2, -0.15) is 5.26 Å². The first-order chi connectivity index (χ1) is 10.5. The molecule has 0 aromatic heterocycles. The molecule has 0 radical (unpaired) electrons. The number of nitriles is 1. The Labute approximate surface area is 129 Å². The highest BCUT2D eigenvalue weighted by atomic mass is 16.3. The first-order valence-corrected chi connectivity index (χ1v) is 7.20. The van der Waals surface area contributed by atoms with E-state index in [-0.39, 0.29) is 23.0 Å². The zero-order valence-electron chi connectivity index (χ0n) is 12.5. The Morgan fingerprint density at radius 1 is 1.27 bits per heavy atom. The molecule has 0 bridgehead atoms. The van der Waals surface area contributed by atoms with Gasteiger partial charge in [0.25, 0.3) is 5.91 Å². The number of rotatable bonds is 3. The monoisotopic (exact) mass is 301 g/mol. The van der Waals surface area contributed by atoms with Crippen molar-refractivity contribution < 1.29 is 15.0 Å². The molecule has 0 unspecified atom stereocenters. The first kappa shape index (κ1) is 15.9.